The van der Waals surface area contributed by atoms with Crippen molar-refractivity contribution in [2.45, 2.75) is 27.3 Å². The summed E-state index contributed by atoms with van der Waals surface area (Å²) in [7, 11) is 0. The number of benzene rings is 1. The number of carbonyl (C=O) groups is 1. The van der Waals surface area contributed by atoms with Gasteiger partial charge in [0.1, 0.15) is 12.2 Å². The highest BCUT2D eigenvalue weighted by Gasteiger charge is 2.13. The Kier molecular flexibility index (Phi) is 4.72. The van der Waals surface area contributed by atoms with Gasteiger partial charge in [-0.15, -0.1) is 0 Å². The zero-order chi connectivity index (χ0) is 20.5. The van der Waals surface area contributed by atoms with Gasteiger partial charge in [-0.1, -0.05) is 24.3 Å². The molecule has 0 fully saturated rings. The van der Waals surface area contributed by atoms with E-state index in [2.05, 4.69) is 10.3 Å². The molecule has 1 amide bonds. The van der Waals surface area contributed by atoms with Crippen LogP contribution in [0, 0.1) is 20.8 Å². The van der Waals surface area contributed by atoms with Gasteiger partial charge in [-0.25, -0.2) is 9.97 Å². The number of hydrogen-bond acceptors (Lipinski definition) is 4. The topological polar surface area (TPSA) is 81.3 Å². The molecule has 0 saturated carbocycles. The third kappa shape index (κ3) is 3.54. The molecule has 0 radical (unpaired) electrons. The summed E-state index contributed by atoms with van der Waals surface area (Å²) in [6.07, 6.45) is 5.28. The Morgan fingerprint density at radius 3 is 2.69 bits per heavy atom. The van der Waals surface area contributed by atoms with Crippen LogP contribution >= 0.6 is 0 Å². The molecule has 146 valence electrons. The van der Waals surface area contributed by atoms with E-state index in [1.54, 1.807) is 13.8 Å². The zero-order valence-electron chi connectivity index (χ0n) is 16.5. The first-order chi connectivity index (χ1) is 13.9. The van der Waals surface area contributed by atoms with Gasteiger partial charge >= 0.3 is 0 Å². The summed E-state index contributed by atoms with van der Waals surface area (Å²) in [5.74, 6) is -0.301. The summed E-state index contributed by atoms with van der Waals surface area (Å²) in [6.45, 7) is 5.38. The van der Waals surface area contributed by atoms with E-state index in [4.69, 9.17) is 4.98 Å². The van der Waals surface area contributed by atoms with E-state index >= 15 is 0 Å². The van der Waals surface area contributed by atoms with Crippen LogP contribution < -0.4 is 10.9 Å². The van der Waals surface area contributed by atoms with E-state index in [0.29, 0.717) is 16.9 Å². The predicted molar refractivity (Wildman–Crippen MR) is 112 cm³/mol. The number of nitrogens with zero attached hydrogens (tertiary/aromatic N) is 4. The van der Waals surface area contributed by atoms with Gasteiger partial charge < -0.3 is 9.72 Å². The van der Waals surface area contributed by atoms with Crippen molar-refractivity contribution in [2.24, 2.45) is 0 Å². The average molecular weight is 387 g/mol. The maximum absolute atomic E-state index is 12.6. The van der Waals surface area contributed by atoms with E-state index < -0.39 is 0 Å². The van der Waals surface area contributed by atoms with E-state index in [9.17, 15) is 9.59 Å². The highest BCUT2D eigenvalue weighted by Crippen LogP contribution is 2.28. The minimum atomic E-state index is -0.301. The molecule has 1 N–H and O–H groups in total. The lowest BCUT2D eigenvalue weighted by Gasteiger charge is -2.11. The van der Waals surface area contributed by atoms with Crippen LogP contribution in [0.1, 0.15) is 16.8 Å². The van der Waals surface area contributed by atoms with Crippen molar-refractivity contribution < 1.29 is 4.79 Å². The third-order valence-electron chi connectivity index (χ3n) is 4.98. The minimum absolute atomic E-state index is 0.106. The highest BCUT2D eigenvalue weighted by atomic mass is 16.2. The molecule has 4 aromatic rings. The fraction of sp³-hybridized carbons (Fsp3) is 0.182. The van der Waals surface area contributed by atoms with Crippen LogP contribution in [0.3, 0.4) is 0 Å². The van der Waals surface area contributed by atoms with Crippen molar-refractivity contribution >= 4 is 17.2 Å². The van der Waals surface area contributed by atoms with E-state index in [1.165, 1.54) is 10.9 Å². The van der Waals surface area contributed by atoms with Crippen molar-refractivity contribution in [3.63, 3.8) is 0 Å². The zero-order valence-corrected chi connectivity index (χ0v) is 16.5. The third-order valence-corrected chi connectivity index (χ3v) is 4.98. The molecule has 0 aliphatic rings. The molecule has 3 heterocycles. The highest BCUT2D eigenvalue weighted by molar-refractivity contribution is 5.95. The van der Waals surface area contributed by atoms with Gasteiger partial charge in [0.05, 0.1) is 17.7 Å². The normalized spacial score (nSPS) is 11.0. The molecule has 7 nitrogen and oxygen atoms in total. The van der Waals surface area contributed by atoms with E-state index in [0.717, 1.165) is 22.5 Å². The van der Waals surface area contributed by atoms with Gasteiger partial charge in [0.25, 0.3) is 5.56 Å². The van der Waals surface area contributed by atoms with Crippen LogP contribution in [0.4, 0.5) is 5.69 Å². The summed E-state index contributed by atoms with van der Waals surface area (Å²) >= 11 is 0. The van der Waals surface area contributed by atoms with Gasteiger partial charge in [-0.2, -0.15) is 0 Å². The van der Waals surface area contributed by atoms with Crippen LogP contribution in [0.5, 0.6) is 0 Å². The molecule has 4 rings (SSSR count). The number of nitrogens with one attached hydrogen (secondary N) is 1. The van der Waals surface area contributed by atoms with Crippen molar-refractivity contribution in [3.8, 4) is 11.3 Å². The molecule has 0 atom stereocenters. The first kappa shape index (κ1) is 18.6. The number of para-hydroxylation sites is 1. The quantitative estimate of drug-likeness (QED) is 0.583. The molecule has 7 heteroatoms. The molecule has 0 saturated heterocycles. The number of anilines is 1. The van der Waals surface area contributed by atoms with Crippen LogP contribution in [-0.4, -0.2) is 24.8 Å². The first-order valence-corrected chi connectivity index (χ1v) is 9.30. The minimum Gasteiger partial charge on any atom is -0.324 e. The fourth-order valence-corrected chi connectivity index (χ4v) is 3.23. The van der Waals surface area contributed by atoms with Crippen molar-refractivity contribution in [1.29, 1.82) is 0 Å². The Morgan fingerprint density at radius 1 is 1.10 bits per heavy atom. The van der Waals surface area contributed by atoms with Gasteiger partial charge in [0.2, 0.25) is 5.91 Å². The number of imidazole rings is 1. The SMILES string of the molecule is Cc1ncn(CC(=O)Nc2ccccc2-c2cn3cccc(C)c3n2)c(=O)c1C. The second kappa shape index (κ2) is 7.35. The van der Waals surface area contributed by atoms with Crippen molar-refractivity contribution in [1.82, 2.24) is 18.9 Å². The largest absolute Gasteiger partial charge is 0.324 e. The Hall–Kier alpha value is -3.74. The molecule has 0 aliphatic carbocycles. The Labute approximate surface area is 167 Å². The fourth-order valence-electron chi connectivity index (χ4n) is 3.23. The molecular weight excluding hydrogens is 366 g/mol. The summed E-state index contributed by atoms with van der Waals surface area (Å²) in [5.41, 5.74) is 5.16. The number of amides is 1. The van der Waals surface area contributed by atoms with Crippen molar-refractivity contribution in [2.75, 3.05) is 5.32 Å². The number of rotatable bonds is 4. The van der Waals surface area contributed by atoms with Crippen LogP contribution in [0.15, 0.2) is 59.9 Å². The second-order valence-corrected chi connectivity index (χ2v) is 7.03. The monoisotopic (exact) mass is 387 g/mol. The molecule has 0 unspecified atom stereocenters. The second-order valence-electron chi connectivity index (χ2n) is 7.03. The molecule has 0 aliphatic heterocycles. The summed E-state index contributed by atoms with van der Waals surface area (Å²) < 4.78 is 3.28. The van der Waals surface area contributed by atoms with Crippen LogP contribution in [0.2, 0.25) is 0 Å². The molecule has 29 heavy (non-hydrogen) atoms. The van der Waals surface area contributed by atoms with Gasteiger partial charge in [-0.3, -0.25) is 14.2 Å². The maximum atomic E-state index is 12.6. The number of aryl methyl sites for hydroxylation is 2. The van der Waals surface area contributed by atoms with Gasteiger partial charge in [0.15, 0.2) is 0 Å². The van der Waals surface area contributed by atoms with Crippen LogP contribution in [0.25, 0.3) is 16.9 Å². The van der Waals surface area contributed by atoms with Crippen molar-refractivity contribution in [3.05, 3.63) is 82.3 Å². The maximum Gasteiger partial charge on any atom is 0.256 e. The Morgan fingerprint density at radius 2 is 1.90 bits per heavy atom. The predicted octanol–water partition coefficient (Wildman–Crippen LogP) is 3.12. The number of pyridine rings is 1. The molecule has 0 bridgehead atoms. The Bertz CT molecular complexity index is 1290. The van der Waals surface area contributed by atoms with E-state index in [1.807, 2.05) is 60.1 Å². The number of hydrogen-bond donors (Lipinski definition) is 1. The summed E-state index contributed by atoms with van der Waals surface area (Å²) in [4.78, 5) is 33.8. The van der Waals surface area contributed by atoms with E-state index in [-0.39, 0.29) is 18.0 Å². The smallest absolute Gasteiger partial charge is 0.256 e. The summed E-state index contributed by atoms with van der Waals surface area (Å²) in [6, 6.07) is 11.5. The molecule has 3 aromatic heterocycles. The first-order valence-electron chi connectivity index (χ1n) is 9.30. The lowest BCUT2D eigenvalue weighted by Crippen LogP contribution is -2.29. The average Bonchev–Trinajstić information content (AvgIpc) is 3.14. The molecule has 0 spiro atoms. The lowest BCUT2D eigenvalue weighted by atomic mass is 10.1. The lowest BCUT2D eigenvalue weighted by molar-refractivity contribution is -0.116. The molecular formula is C22H21N5O2. The molecule has 1 aromatic carbocycles. The summed E-state index contributed by atoms with van der Waals surface area (Å²) in [5, 5.41) is 2.90. The van der Waals surface area contributed by atoms with Crippen LogP contribution in [-0.2, 0) is 11.3 Å². The van der Waals surface area contributed by atoms with Gasteiger partial charge in [0, 0.05) is 29.2 Å². The Balaban J connectivity index is 1.63. The number of fused-ring (bicyclic) bond motifs is 1. The van der Waals surface area contributed by atoms with Gasteiger partial charge in [-0.05, 0) is 38.5 Å². The standard InChI is InChI=1S/C22H21N5O2/c1-14-7-6-10-26-11-19(25-21(14)26)17-8-4-5-9-18(17)24-20(28)12-27-13-23-16(3)15(2)22(27)29/h4-11,13H,12H2,1-3H3,(H,24,28). The number of carbonyl (C=O) groups excluding carboxylic acids is 1. The number of aromatic nitrogens is 4.